The summed E-state index contributed by atoms with van der Waals surface area (Å²) in [6.45, 7) is 4.82. The molecule has 2 amide bonds. The number of hydrogen-bond acceptors (Lipinski definition) is 8. The fourth-order valence-electron chi connectivity index (χ4n) is 6.34. The highest BCUT2D eigenvalue weighted by atomic mass is 32.1. The molecule has 10 heteroatoms. The average molecular weight is 546 g/mol. The van der Waals surface area contributed by atoms with Crippen LogP contribution < -0.4 is 15.4 Å². The van der Waals surface area contributed by atoms with Gasteiger partial charge in [0, 0.05) is 36.3 Å². The van der Waals surface area contributed by atoms with Gasteiger partial charge >= 0.3 is 0 Å². The predicted molar refractivity (Wildman–Crippen MR) is 145 cm³/mol. The summed E-state index contributed by atoms with van der Waals surface area (Å²) < 4.78 is 10.2. The van der Waals surface area contributed by atoms with E-state index >= 15 is 0 Å². The molecule has 208 valence electrons. The van der Waals surface area contributed by atoms with Crippen LogP contribution in [0.2, 0.25) is 0 Å². The van der Waals surface area contributed by atoms with Crippen molar-refractivity contribution in [1.82, 2.24) is 10.3 Å². The lowest BCUT2D eigenvalue weighted by molar-refractivity contribution is -0.144. The number of methoxy groups -OCH3 is 2. The highest BCUT2D eigenvalue weighted by Crippen LogP contribution is 2.62. The topological polar surface area (TPSA) is 130 Å². The number of amides is 2. The van der Waals surface area contributed by atoms with Crippen molar-refractivity contribution < 1.29 is 29.3 Å². The third kappa shape index (κ3) is 5.59. The zero-order chi connectivity index (χ0) is 27.5. The monoisotopic (exact) mass is 545 g/mol. The van der Waals surface area contributed by atoms with E-state index in [0.29, 0.717) is 31.1 Å². The fraction of sp³-hybridized carbons (Fsp3) is 0.607. The van der Waals surface area contributed by atoms with Gasteiger partial charge in [-0.2, -0.15) is 0 Å². The Hall–Kier alpha value is -2.53. The summed E-state index contributed by atoms with van der Waals surface area (Å²) in [6.07, 6.45) is 1.73. The molecule has 1 heterocycles. The molecule has 2 aliphatic carbocycles. The number of carbonyl (C=O) groups is 2. The quantitative estimate of drug-likeness (QED) is 0.338. The first-order valence-corrected chi connectivity index (χ1v) is 13.9. The van der Waals surface area contributed by atoms with Gasteiger partial charge in [0.2, 0.25) is 11.8 Å². The van der Waals surface area contributed by atoms with E-state index in [9.17, 15) is 19.8 Å². The van der Waals surface area contributed by atoms with E-state index in [1.165, 1.54) is 11.3 Å². The van der Waals surface area contributed by atoms with Gasteiger partial charge in [0.25, 0.3) is 0 Å². The molecule has 0 saturated heterocycles. The van der Waals surface area contributed by atoms with E-state index in [1.807, 2.05) is 31.2 Å². The van der Waals surface area contributed by atoms with Crippen LogP contribution in [-0.2, 0) is 27.2 Å². The Balaban J connectivity index is 1.60. The molecule has 4 N–H and O–H groups in total. The molecule has 0 radical (unpaired) electrons. The lowest BCUT2D eigenvalue weighted by Crippen LogP contribution is -2.57. The highest BCUT2D eigenvalue weighted by molar-refractivity contribution is 7.15. The van der Waals surface area contributed by atoms with E-state index in [-0.39, 0.29) is 48.5 Å². The van der Waals surface area contributed by atoms with Gasteiger partial charge in [0.1, 0.15) is 5.75 Å². The number of thiazole rings is 1. The van der Waals surface area contributed by atoms with Crippen LogP contribution in [0.3, 0.4) is 0 Å². The Labute approximate surface area is 228 Å². The van der Waals surface area contributed by atoms with Gasteiger partial charge in [-0.3, -0.25) is 9.59 Å². The first-order valence-electron chi connectivity index (χ1n) is 13.1. The molecular formula is C28H39N3O6S. The van der Waals surface area contributed by atoms with Crippen LogP contribution in [0, 0.1) is 16.7 Å². The molecular weight excluding hydrogens is 506 g/mol. The molecule has 1 saturated carbocycles. The second kappa shape index (κ2) is 11.7. The van der Waals surface area contributed by atoms with Crippen LogP contribution in [-0.4, -0.2) is 67.1 Å². The van der Waals surface area contributed by atoms with Crippen molar-refractivity contribution in [3.05, 3.63) is 40.4 Å². The zero-order valence-electron chi connectivity index (χ0n) is 22.6. The van der Waals surface area contributed by atoms with Crippen molar-refractivity contribution >= 4 is 28.3 Å². The number of rotatable bonds is 10. The molecule has 0 bridgehead atoms. The largest absolute Gasteiger partial charge is 0.497 e. The van der Waals surface area contributed by atoms with E-state index in [0.717, 1.165) is 28.3 Å². The maximum absolute atomic E-state index is 13.0. The Kier molecular flexibility index (Phi) is 8.76. The van der Waals surface area contributed by atoms with Gasteiger partial charge in [0.05, 0.1) is 38.5 Å². The minimum atomic E-state index is -0.697. The second-order valence-corrected chi connectivity index (χ2v) is 12.1. The van der Waals surface area contributed by atoms with Gasteiger partial charge in [-0.25, -0.2) is 4.98 Å². The van der Waals surface area contributed by atoms with Crippen molar-refractivity contribution in [2.45, 2.75) is 58.0 Å². The summed E-state index contributed by atoms with van der Waals surface area (Å²) >= 11 is 1.42. The second-order valence-electron chi connectivity index (χ2n) is 11.0. The standard InChI is InChI=1S/C28H39N3O6S/c1-27-10-9-22(33)28(2,16-32)21(27)15-20-25(19(27)14-23(34)29-11-12-36-3)31-26(38-20)30-24(35)13-17-5-7-18(37-4)8-6-17/h5-8,19,21-22,32-33H,9-16H2,1-4H3,(H,29,34)(H,30,31,35). The van der Waals surface area contributed by atoms with Crippen molar-refractivity contribution in [3.8, 4) is 5.75 Å². The lowest BCUT2D eigenvalue weighted by Gasteiger charge is -2.58. The van der Waals surface area contributed by atoms with Crippen molar-refractivity contribution in [3.63, 3.8) is 0 Å². The number of nitrogens with one attached hydrogen (secondary N) is 2. The molecule has 1 fully saturated rings. The van der Waals surface area contributed by atoms with E-state index in [2.05, 4.69) is 17.6 Å². The van der Waals surface area contributed by atoms with Gasteiger partial charge in [-0.05, 0) is 48.3 Å². The smallest absolute Gasteiger partial charge is 0.230 e. The fourth-order valence-corrected chi connectivity index (χ4v) is 7.43. The zero-order valence-corrected chi connectivity index (χ0v) is 23.4. The van der Waals surface area contributed by atoms with Gasteiger partial charge in [-0.1, -0.05) is 26.0 Å². The Morgan fingerprint density at radius 3 is 2.58 bits per heavy atom. The van der Waals surface area contributed by atoms with Crippen molar-refractivity contribution in [1.29, 1.82) is 0 Å². The number of aromatic nitrogens is 1. The van der Waals surface area contributed by atoms with Gasteiger partial charge in [0.15, 0.2) is 5.13 Å². The molecule has 38 heavy (non-hydrogen) atoms. The SMILES string of the molecule is COCCNC(=O)CC1c2nc(NC(=O)Cc3ccc(OC)cc3)sc2CC2C(C)(CO)C(O)CCC12C. The lowest BCUT2D eigenvalue weighted by atomic mass is 9.47. The first kappa shape index (κ1) is 28.5. The maximum atomic E-state index is 13.0. The summed E-state index contributed by atoms with van der Waals surface area (Å²) in [4.78, 5) is 31.7. The number of fused-ring (bicyclic) bond motifs is 2. The van der Waals surface area contributed by atoms with Crippen LogP contribution in [0.15, 0.2) is 24.3 Å². The van der Waals surface area contributed by atoms with Crippen LogP contribution >= 0.6 is 11.3 Å². The number of anilines is 1. The van der Waals surface area contributed by atoms with Crippen LogP contribution in [0.4, 0.5) is 5.13 Å². The number of aliphatic hydroxyl groups excluding tert-OH is 2. The normalized spacial score (nSPS) is 28.2. The Morgan fingerprint density at radius 2 is 1.92 bits per heavy atom. The van der Waals surface area contributed by atoms with E-state index in [1.54, 1.807) is 14.2 Å². The predicted octanol–water partition coefficient (Wildman–Crippen LogP) is 2.90. The molecule has 4 rings (SSSR count). The van der Waals surface area contributed by atoms with Crippen LogP contribution in [0.1, 0.15) is 55.2 Å². The summed E-state index contributed by atoms with van der Waals surface area (Å²) in [5.41, 5.74) is 0.659. The molecule has 1 aromatic carbocycles. The number of carbonyl (C=O) groups excluding carboxylic acids is 2. The average Bonchev–Trinajstić information content (AvgIpc) is 3.30. The number of hydrogen-bond donors (Lipinski definition) is 4. The molecule has 0 spiro atoms. The number of benzene rings is 1. The third-order valence-electron chi connectivity index (χ3n) is 8.68. The first-order chi connectivity index (χ1) is 18.1. The summed E-state index contributed by atoms with van der Waals surface area (Å²) in [7, 11) is 3.19. The molecule has 9 nitrogen and oxygen atoms in total. The van der Waals surface area contributed by atoms with Crippen molar-refractivity contribution in [2.75, 3.05) is 39.3 Å². The number of aliphatic hydroxyl groups is 2. The Bertz CT molecular complexity index is 1140. The van der Waals surface area contributed by atoms with Gasteiger partial charge < -0.3 is 30.3 Å². The van der Waals surface area contributed by atoms with Crippen molar-refractivity contribution in [2.24, 2.45) is 16.7 Å². The highest BCUT2D eigenvalue weighted by Gasteiger charge is 2.59. The molecule has 5 atom stereocenters. The Morgan fingerprint density at radius 1 is 1.18 bits per heavy atom. The summed E-state index contributed by atoms with van der Waals surface area (Å²) in [5, 5.41) is 27.7. The number of ether oxygens (including phenoxy) is 2. The number of nitrogens with zero attached hydrogens (tertiary/aromatic N) is 1. The molecule has 2 aliphatic rings. The third-order valence-corrected chi connectivity index (χ3v) is 9.69. The minimum Gasteiger partial charge on any atom is -0.497 e. The van der Waals surface area contributed by atoms with Crippen LogP contribution in [0.5, 0.6) is 5.75 Å². The summed E-state index contributed by atoms with van der Waals surface area (Å²) in [6, 6.07) is 7.36. The maximum Gasteiger partial charge on any atom is 0.230 e. The van der Waals surface area contributed by atoms with E-state index in [4.69, 9.17) is 14.5 Å². The minimum absolute atomic E-state index is 0.0451. The summed E-state index contributed by atoms with van der Waals surface area (Å²) in [5.74, 6) is 0.218. The van der Waals surface area contributed by atoms with E-state index < -0.39 is 11.5 Å². The molecule has 5 unspecified atom stereocenters. The molecule has 1 aromatic heterocycles. The molecule has 0 aliphatic heterocycles. The molecule has 2 aromatic rings. The van der Waals surface area contributed by atoms with Crippen LogP contribution in [0.25, 0.3) is 0 Å². The van der Waals surface area contributed by atoms with Gasteiger partial charge in [-0.15, -0.1) is 11.3 Å².